The Balaban J connectivity index is 1.53. The topological polar surface area (TPSA) is 37.8 Å². The molecule has 1 aromatic heterocycles. The van der Waals surface area contributed by atoms with Crippen LogP contribution in [0.5, 0.6) is 0 Å². The molecule has 5 rings (SSSR count). The molecule has 0 bridgehead atoms. The summed E-state index contributed by atoms with van der Waals surface area (Å²) in [5.41, 5.74) is 2.37. The van der Waals surface area contributed by atoms with Gasteiger partial charge in [0.2, 0.25) is 0 Å². The molecular formula is C25H17F3N2O. The lowest BCUT2D eigenvalue weighted by Crippen LogP contribution is -2.17. The monoisotopic (exact) mass is 418 g/mol. The fourth-order valence-corrected chi connectivity index (χ4v) is 3.89. The third kappa shape index (κ3) is 3.61. The highest BCUT2D eigenvalue weighted by atomic mass is 19.4. The van der Waals surface area contributed by atoms with Crippen LogP contribution in [-0.2, 0) is 12.7 Å². The predicted octanol–water partition coefficient (Wildman–Crippen LogP) is 6.22. The van der Waals surface area contributed by atoms with E-state index in [1.807, 2.05) is 36.4 Å². The van der Waals surface area contributed by atoms with Gasteiger partial charge in [0.15, 0.2) is 0 Å². The largest absolute Gasteiger partial charge is 0.416 e. The summed E-state index contributed by atoms with van der Waals surface area (Å²) in [5.74, 6) is 0. The molecule has 0 atom stereocenters. The Hall–Kier alpha value is -3.80. The van der Waals surface area contributed by atoms with Gasteiger partial charge in [-0.3, -0.25) is 4.57 Å². The van der Waals surface area contributed by atoms with Crippen LogP contribution < -0.4 is 5.69 Å². The molecule has 0 unspecified atom stereocenters. The second kappa shape index (κ2) is 7.16. The van der Waals surface area contributed by atoms with Crippen LogP contribution in [0.2, 0.25) is 0 Å². The van der Waals surface area contributed by atoms with Crippen LogP contribution in [0, 0.1) is 0 Å². The van der Waals surface area contributed by atoms with Crippen molar-refractivity contribution >= 4 is 21.8 Å². The summed E-state index contributed by atoms with van der Waals surface area (Å²) in [6.45, 7) is 0.395. The standard InChI is InChI=1S/C25H17F3N2O/c26-25(27,28)21-7-3-6-19(13-21)20-10-11-23-22(14-20)29-24(31)30(23)15-16-8-9-17-4-1-2-5-18(17)12-16/h1-14H,15H2,(H,29,31). The molecule has 5 aromatic rings. The number of hydrogen-bond donors (Lipinski definition) is 1. The van der Waals surface area contributed by atoms with Gasteiger partial charge < -0.3 is 4.98 Å². The maximum Gasteiger partial charge on any atom is 0.416 e. The summed E-state index contributed by atoms with van der Waals surface area (Å²) in [5, 5.41) is 2.22. The van der Waals surface area contributed by atoms with Gasteiger partial charge in [0.05, 0.1) is 23.1 Å². The van der Waals surface area contributed by atoms with Crippen molar-refractivity contribution in [3.63, 3.8) is 0 Å². The number of imidazole rings is 1. The summed E-state index contributed by atoms with van der Waals surface area (Å²) in [4.78, 5) is 15.4. The first-order valence-electron chi connectivity index (χ1n) is 9.76. The van der Waals surface area contributed by atoms with Gasteiger partial charge in [-0.1, -0.05) is 54.6 Å². The Kier molecular flexibility index (Phi) is 4.43. The highest BCUT2D eigenvalue weighted by molar-refractivity contribution is 5.84. The highest BCUT2D eigenvalue weighted by Gasteiger charge is 2.30. The van der Waals surface area contributed by atoms with Crippen molar-refractivity contribution in [2.75, 3.05) is 0 Å². The molecule has 1 heterocycles. The fraction of sp³-hybridized carbons (Fsp3) is 0.0800. The number of nitrogens with one attached hydrogen (secondary N) is 1. The van der Waals surface area contributed by atoms with Crippen molar-refractivity contribution in [1.82, 2.24) is 9.55 Å². The Morgan fingerprint density at radius 3 is 2.35 bits per heavy atom. The van der Waals surface area contributed by atoms with E-state index in [0.717, 1.165) is 28.5 Å². The molecule has 4 aromatic carbocycles. The summed E-state index contributed by atoms with van der Waals surface area (Å²) < 4.78 is 40.8. The smallest absolute Gasteiger partial charge is 0.306 e. The average Bonchev–Trinajstić information content (AvgIpc) is 3.07. The van der Waals surface area contributed by atoms with Gasteiger partial charge in [-0.15, -0.1) is 0 Å². The first-order chi connectivity index (χ1) is 14.9. The summed E-state index contributed by atoms with van der Waals surface area (Å²) >= 11 is 0. The van der Waals surface area contributed by atoms with Crippen LogP contribution in [0.3, 0.4) is 0 Å². The Morgan fingerprint density at radius 2 is 1.55 bits per heavy atom. The van der Waals surface area contributed by atoms with Crippen molar-refractivity contribution < 1.29 is 13.2 Å². The average molecular weight is 418 g/mol. The fourth-order valence-electron chi connectivity index (χ4n) is 3.89. The summed E-state index contributed by atoms with van der Waals surface area (Å²) in [6, 6.07) is 24.5. The zero-order valence-electron chi connectivity index (χ0n) is 16.3. The number of alkyl halides is 3. The molecule has 0 aliphatic rings. The molecule has 0 fully saturated rings. The van der Waals surface area contributed by atoms with Crippen LogP contribution in [0.25, 0.3) is 32.9 Å². The molecule has 6 heteroatoms. The third-order valence-electron chi connectivity index (χ3n) is 5.45. The Bertz CT molecular complexity index is 1480. The van der Waals surface area contributed by atoms with Gasteiger partial charge in [0.25, 0.3) is 0 Å². The zero-order chi connectivity index (χ0) is 21.6. The van der Waals surface area contributed by atoms with E-state index in [4.69, 9.17) is 0 Å². The quantitative estimate of drug-likeness (QED) is 0.371. The van der Waals surface area contributed by atoms with E-state index in [0.29, 0.717) is 28.7 Å². The molecule has 0 aliphatic heterocycles. The van der Waals surface area contributed by atoms with Crippen molar-refractivity contribution in [2.24, 2.45) is 0 Å². The van der Waals surface area contributed by atoms with Crippen LogP contribution in [0.15, 0.2) is 89.7 Å². The SMILES string of the molecule is O=c1[nH]c2cc(-c3cccc(C(F)(F)F)c3)ccc2n1Cc1ccc2ccccc2c1. The zero-order valence-corrected chi connectivity index (χ0v) is 16.3. The van der Waals surface area contributed by atoms with E-state index in [1.54, 1.807) is 28.8 Å². The molecule has 0 spiro atoms. The van der Waals surface area contributed by atoms with E-state index in [9.17, 15) is 18.0 Å². The molecule has 0 radical (unpaired) electrons. The number of benzene rings is 4. The van der Waals surface area contributed by atoms with Crippen molar-refractivity contribution in [3.05, 3.63) is 107 Å². The van der Waals surface area contributed by atoms with Crippen LogP contribution in [0.4, 0.5) is 13.2 Å². The van der Waals surface area contributed by atoms with Gasteiger partial charge in [0.1, 0.15) is 0 Å². The lowest BCUT2D eigenvalue weighted by Gasteiger charge is -2.09. The molecule has 154 valence electrons. The van der Waals surface area contributed by atoms with Crippen LogP contribution in [-0.4, -0.2) is 9.55 Å². The minimum Gasteiger partial charge on any atom is -0.306 e. The number of fused-ring (bicyclic) bond motifs is 2. The minimum absolute atomic E-state index is 0.260. The molecule has 31 heavy (non-hydrogen) atoms. The van der Waals surface area contributed by atoms with E-state index in [1.165, 1.54) is 6.07 Å². The number of H-pyrrole nitrogens is 1. The van der Waals surface area contributed by atoms with E-state index in [2.05, 4.69) is 11.1 Å². The number of rotatable bonds is 3. The molecule has 3 nitrogen and oxygen atoms in total. The van der Waals surface area contributed by atoms with Crippen molar-refractivity contribution in [3.8, 4) is 11.1 Å². The van der Waals surface area contributed by atoms with E-state index in [-0.39, 0.29) is 5.69 Å². The van der Waals surface area contributed by atoms with Gasteiger partial charge in [-0.25, -0.2) is 4.79 Å². The maximum atomic E-state index is 13.0. The second-order valence-corrected chi connectivity index (χ2v) is 7.51. The van der Waals surface area contributed by atoms with Crippen molar-refractivity contribution in [1.29, 1.82) is 0 Å². The third-order valence-corrected chi connectivity index (χ3v) is 5.45. The van der Waals surface area contributed by atoms with Crippen LogP contribution >= 0.6 is 0 Å². The first kappa shape index (κ1) is 19.2. The van der Waals surface area contributed by atoms with Gasteiger partial charge in [0, 0.05) is 0 Å². The van der Waals surface area contributed by atoms with E-state index >= 15 is 0 Å². The summed E-state index contributed by atoms with van der Waals surface area (Å²) in [7, 11) is 0. The Labute approximate surface area is 175 Å². The number of aromatic nitrogens is 2. The normalized spacial score (nSPS) is 12.0. The molecule has 0 aliphatic carbocycles. The minimum atomic E-state index is -4.41. The highest BCUT2D eigenvalue weighted by Crippen LogP contribution is 2.32. The van der Waals surface area contributed by atoms with Crippen molar-refractivity contribution in [2.45, 2.75) is 12.7 Å². The van der Waals surface area contributed by atoms with Gasteiger partial charge in [-0.05, 0) is 57.8 Å². The molecular weight excluding hydrogens is 401 g/mol. The van der Waals surface area contributed by atoms with E-state index < -0.39 is 11.7 Å². The predicted molar refractivity (Wildman–Crippen MR) is 116 cm³/mol. The maximum absolute atomic E-state index is 13.0. The Morgan fingerprint density at radius 1 is 0.774 bits per heavy atom. The number of aromatic amines is 1. The number of hydrogen-bond acceptors (Lipinski definition) is 1. The lowest BCUT2D eigenvalue weighted by molar-refractivity contribution is -0.137. The molecule has 0 saturated carbocycles. The molecule has 0 saturated heterocycles. The van der Waals surface area contributed by atoms with Crippen LogP contribution in [0.1, 0.15) is 11.1 Å². The molecule has 1 N–H and O–H groups in total. The lowest BCUT2D eigenvalue weighted by atomic mass is 10.0. The van der Waals surface area contributed by atoms with Gasteiger partial charge in [-0.2, -0.15) is 13.2 Å². The van der Waals surface area contributed by atoms with Gasteiger partial charge >= 0.3 is 11.9 Å². The number of nitrogens with zero attached hydrogens (tertiary/aromatic N) is 1. The summed E-state index contributed by atoms with van der Waals surface area (Å²) in [6.07, 6.45) is -4.41. The second-order valence-electron chi connectivity index (χ2n) is 7.51. The molecule has 0 amide bonds. The first-order valence-corrected chi connectivity index (χ1v) is 9.76. The number of halogens is 3.